The first kappa shape index (κ1) is 28.3. The highest BCUT2D eigenvalue weighted by molar-refractivity contribution is 5.99. The van der Waals surface area contributed by atoms with E-state index >= 15 is 0 Å². The molecule has 2 atom stereocenters. The number of para-hydroxylation sites is 1. The minimum absolute atomic E-state index is 0.454. The molecule has 0 saturated heterocycles. The molecule has 0 radical (unpaired) electrons. The maximum Gasteiger partial charge on any atom is 0.408 e. The van der Waals surface area contributed by atoms with Crippen LogP contribution < -0.4 is 10.6 Å². The normalized spacial score (nSPS) is 12.6. The fourth-order valence-corrected chi connectivity index (χ4v) is 3.63. The molecule has 36 heavy (non-hydrogen) atoms. The van der Waals surface area contributed by atoms with E-state index in [-0.39, 0.29) is 0 Å². The van der Waals surface area contributed by atoms with Crippen LogP contribution >= 0.6 is 0 Å². The van der Waals surface area contributed by atoms with Crippen LogP contribution in [0.25, 0.3) is 0 Å². The summed E-state index contributed by atoms with van der Waals surface area (Å²) in [6, 6.07) is 12.0. The standard InChI is InChI=1S/C27H34N4O5/c1-17-11-12-18(2)20(15-17)23(24(33)29-21-10-8-7-9-19(21)3)31(14-13-28)25(34)22(16-32)30-26(35)36-27(4,5)6/h7-12,15,22-23,32H,14,16H2,1-6H3,(H,29,33)(H,30,35). The molecule has 9 nitrogen and oxygen atoms in total. The van der Waals surface area contributed by atoms with Crippen molar-refractivity contribution in [3.8, 4) is 6.07 Å². The van der Waals surface area contributed by atoms with Crippen LogP contribution in [0.1, 0.15) is 49.1 Å². The van der Waals surface area contributed by atoms with Crippen molar-refractivity contribution in [2.45, 2.75) is 59.2 Å². The molecule has 0 bridgehead atoms. The van der Waals surface area contributed by atoms with Gasteiger partial charge >= 0.3 is 6.09 Å². The lowest BCUT2D eigenvalue weighted by molar-refractivity contribution is -0.140. The minimum Gasteiger partial charge on any atom is -0.444 e. The van der Waals surface area contributed by atoms with Crippen LogP contribution in [0.15, 0.2) is 42.5 Å². The lowest BCUT2D eigenvalue weighted by Crippen LogP contribution is -2.54. The number of anilines is 1. The molecule has 0 fully saturated rings. The molecule has 3 N–H and O–H groups in total. The Hall–Kier alpha value is -3.90. The number of rotatable bonds is 8. The van der Waals surface area contributed by atoms with E-state index in [4.69, 9.17) is 4.74 Å². The molecule has 0 aliphatic rings. The second kappa shape index (κ2) is 12.2. The zero-order valence-corrected chi connectivity index (χ0v) is 21.6. The van der Waals surface area contributed by atoms with Crippen molar-refractivity contribution in [1.29, 1.82) is 5.26 Å². The number of aryl methyl sites for hydroxylation is 3. The molecular formula is C27H34N4O5. The zero-order chi connectivity index (χ0) is 27.0. The molecule has 0 heterocycles. The molecule has 0 aliphatic heterocycles. The van der Waals surface area contributed by atoms with Crippen LogP contribution in [0.3, 0.4) is 0 Å². The molecule has 9 heteroatoms. The summed E-state index contributed by atoms with van der Waals surface area (Å²) in [4.78, 5) is 40.6. The van der Waals surface area contributed by atoms with Gasteiger partial charge in [0.2, 0.25) is 5.91 Å². The van der Waals surface area contributed by atoms with Crippen molar-refractivity contribution in [3.05, 3.63) is 64.7 Å². The van der Waals surface area contributed by atoms with Gasteiger partial charge in [0.25, 0.3) is 5.91 Å². The number of carbonyl (C=O) groups excluding carboxylic acids is 3. The Labute approximate surface area is 212 Å². The number of nitriles is 1. The van der Waals surface area contributed by atoms with Gasteiger partial charge in [0, 0.05) is 5.69 Å². The highest BCUT2D eigenvalue weighted by Crippen LogP contribution is 2.28. The predicted octanol–water partition coefficient (Wildman–Crippen LogP) is 3.53. The van der Waals surface area contributed by atoms with Crippen LogP contribution in [-0.2, 0) is 14.3 Å². The van der Waals surface area contributed by atoms with Crippen molar-refractivity contribution in [1.82, 2.24) is 10.2 Å². The second-order valence-electron chi connectivity index (χ2n) is 9.57. The van der Waals surface area contributed by atoms with Gasteiger partial charge in [-0.3, -0.25) is 9.59 Å². The van der Waals surface area contributed by atoms with E-state index in [0.29, 0.717) is 11.3 Å². The van der Waals surface area contributed by atoms with Crippen molar-refractivity contribution in [3.63, 3.8) is 0 Å². The molecule has 2 aromatic rings. The number of amides is 3. The number of aliphatic hydroxyl groups is 1. The summed E-state index contributed by atoms with van der Waals surface area (Å²) in [6.45, 7) is 9.29. The summed E-state index contributed by atoms with van der Waals surface area (Å²) < 4.78 is 5.20. The van der Waals surface area contributed by atoms with Crippen molar-refractivity contribution >= 4 is 23.6 Å². The number of carbonyl (C=O) groups is 3. The SMILES string of the molecule is Cc1ccc(C)c(C(C(=O)Nc2ccccc2C)N(CC#N)C(=O)C(CO)NC(=O)OC(C)(C)C)c1. The van der Waals surface area contributed by atoms with Crippen molar-refractivity contribution < 1.29 is 24.2 Å². The maximum absolute atomic E-state index is 13.7. The van der Waals surface area contributed by atoms with Crippen LogP contribution in [0.5, 0.6) is 0 Å². The topological polar surface area (TPSA) is 132 Å². The molecule has 192 valence electrons. The third-order valence-electron chi connectivity index (χ3n) is 5.39. The smallest absolute Gasteiger partial charge is 0.408 e. The van der Waals surface area contributed by atoms with E-state index in [1.165, 1.54) is 0 Å². The first-order valence-corrected chi connectivity index (χ1v) is 11.6. The fraction of sp³-hybridized carbons (Fsp3) is 0.407. The van der Waals surface area contributed by atoms with Crippen LogP contribution in [0.2, 0.25) is 0 Å². The molecule has 2 rings (SSSR count). The van der Waals surface area contributed by atoms with Crippen LogP contribution in [0, 0.1) is 32.1 Å². The summed E-state index contributed by atoms with van der Waals surface area (Å²) in [5.41, 5.74) is 2.69. The Morgan fingerprint density at radius 1 is 1.08 bits per heavy atom. The van der Waals surface area contributed by atoms with Gasteiger partial charge in [-0.05, 0) is 64.3 Å². The van der Waals surface area contributed by atoms with E-state index in [2.05, 4.69) is 10.6 Å². The number of benzene rings is 2. The number of hydrogen-bond acceptors (Lipinski definition) is 6. The van der Waals surface area contributed by atoms with Gasteiger partial charge in [0.1, 0.15) is 24.2 Å². The zero-order valence-electron chi connectivity index (χ0n) is 21.6. The molecule has 3 amide bonds. The fourth-order valence-electron chi connectivity index (χ4n) is 3.63. The molecule has 0 spiro atoms. The summed E-state index contributed by atoms with van der Waals surface area (Å²) in [6.07, 6.45) is -0.903. The number of alkyl carbamates (subject to hydrolysis) is 1. The van der Waals surface area contributed by atoms with Crippen LogP contribution in [-0.4, -0.2) is 52.7 Å². The van der Waals surface area contributed by atoms with E-state index in [0.717, 1.165) is 21.6 Å². The number of ether oxygens (including phenoxy) is 1. The van der Waals surface area contributed by atoms with Gasteiger partial charge in [-0.25, -0.2) is 4.79 Å². The highest BCUT2D eigenvalue weighted by atomic mass is 16.6. The third kappa shape index (κ3) is 7.55. The number of hydrogen-bond donors (Lipinski definition) is 3. The molecule has 2 aromatic carbocycles. The van der Waals surface area contributed by atoms with Crippen molar-refractivity contribution in [2.75, 3.05) is 18.5 Å². The Bertz CT molecular complexity index is 1150. The average molecular weight is 495 g/mol. The second-order valence-corrected chi connectivity index (χ2v) is 9.57. The van der Waals surface area contributed by atoms with Gasteiger partial charge in [0.15, 0.2) is 0 Å². The van der Waals surface area contributed by atoms with E-state index in [1.54, 1.807) is 45.9 Å². The van der Waals surface area contributed by atoms with Gasteiger partial charge in [0.05, 0.1) is 12.7 Å². The summed E-state index contributed by atoms with van der Waals surface area (Å²) in [7, 11) is 0. The van der Waals surface area contributed by atoms with E-state index < -0.39 is 48.7 Å². The van der Waals surface area contributed by atoms with Crippen molar-refractivity contribution in [2.24, 2.45) is 0 Å². The molecular weight excluding hydrogens is 460 g/mol. The van der Waals surface area contributed by atoms with Gasteiger partial charge < -0.3 is 25.4 Å². The molecule has 0 aromatic heterocycles. The number of aliphatic hydroxyl groups excluding tert-OH is 1. The van der Waals surface area contributed by atoms with E-state index in [9.17, 15) is 24.8 Å². The Morgan fingerprint density at radius 3 is 2.33 bits per heavy atom. The lowest BCUT2D eigenvalue weighted by Gasteiger charge is -2.33. The average Bonchev–Trinajstić information content (AvgIpc) is 2.79. The quantitative estimate of drug-likeness (QED) is 0.481. The first-order valence-electron chi connectivity index (χ1n) is 11.6. The van der Waals surface area contributed by atoms with Gasteiger partial charge in [-0.15, -0.1) is 0 Å². The monoisotopic (exact) mass is 494 g/mol. The molecule has 0 aliphatic carbocycles. The summed E-state index contributed by atoms with van der Waals surface area (Å²) in [5, 5.41) is 24.7. The summed E-state index contributed by atoms with van der Waals surface area (Å²) in [5.74, 6) is -1.33. The Kier molecular flexibility index (Phi) is 9.59. The van der Waals surface area contributed by atoms with Gasteiger partial charge in [-0.1, -0.05) is 42.0 Å². The largest absolute Gasteiger partial charge is 0.444 e. The number of nitrogens with one attached hydrogen (secondary N) is 2. The number of nitrogens with zero attached hydrogens (tertiary/aromatic N) is 2. The molecule has 0 saturated carbocycles. The Balaban J connectivity index is 2.52. The van der Waals surface area contributed by atoms with Crippen LogP contribution in [0.4, 0.5) is 10.5 Å². The maximum atomic E-state index is 13.7. The van der Waals surface area contributed by atoms with E-state index in [1.807, 2.05) is 44.2 Å². The summed E-state index contributed by atoms with van der Waals surface area (Å²) >= 11 is 0. The predicted molar refractivity (Wildman–Crippen MR) is 136 cm³/mol. The molecule has 2 unspecified atom stereocenters. The minimum atomic E-state index is -1.42. The third-order valence-corrected chi connectivity index (χ3v) is 5.39. The highest BCUT2D eigenvalue weighted by Gasteiger charge is 2.37. The Morgan fingerprint density at radius 2 is 1.75 bits per heavy atom. The van der Waals surface area contributed by atoms with Gasteiger partial charge in [-0.2, -0.15) is 5.26 Å². The lowest BCUT2D eigenvalue weighted by atomic mass is 9.96. The first-order chi connectivity index (χ1) is 16.9.